The number of hydrogen-bond donors (Lipinski definition) is 2. The molecule has 2 fully saturated rings. The molecular weight excluding hydrogens is 571 g/mol. The van der Waals surface area contributed by atoms with Crippen LogP contribution in [0.15, 0.2) is 54.7 Å². The highest BCUT2D eigenvalue weighted by Gasteiger charge is 2.52. The van der Waals surface area contributed by atoms with Crippen molar-refractivity contribution in [2.45, 2.75) is 76.3 Å². The molecular formula is C33H40F3N5O3. The first-order valence-electron chi connectivity index (χ1n) is 15.2. The summed E-state index contributed by atoms with van der Waals surface area (Å²) in [5.74, 6) is -2.02. The number of carbonyl (C=O) groups is 3. The Morgan fingerprint density at radius 3 is 2.20 bits per heavy atom. The molecule has 236 valence electrons. The average Bonchev–Trinajstić information content (AvgIpc) is 3.45. The summed E-state index contributed by atoms with van der Waals surface area (Å²) in [6, 6.07) is 11.1. The van der Waals surface area contributed by atoms with Gasteiger partial charge in [0.2, 0.25) is 11.8 Å². The molecule has 3 heterocycles. The smallest absolute Gasteiger partial charge is 0.361 e. The summed E-state index contributed by atoms with van der Waals surface area (Å²) in [5.41, 5.74) is 5.17. The second-order valence-electron chi connectivity index (χ2n) is 12.0. The number of rotatable bonds is 8. The first kappa shape index (κ1) is 31.9. The summed E-state index contributed by atoms with van der Waals surface area (Å²) < 4.78 is 41.7. The van der Waals surface area contributed by atoms with E-state index in [0.29, 0.717) is 30.1 Å². The Hall–Kier alpha value is -3.54. The van der Waals surface area contributed by atoms with E-state index in [0.717, 1.165) is 62.2 Å². The number of nitrogens with two attached hydrogens (primary N) is 1. The number of halogens is 3. The van der Waals surface area contributed by atoms with Crippen molar-refractivity contribution in [1.29, 1.82) is 0 Å². The van der Waals surface area contributed by atoms with Crippen molar-refractivity contribution in [3.8, 4) is 0 Å². The minimum Gasteiger partial charge on any atom is -0.361 e. The van der Waals surface area contributed by atoms with E-state index in [1.54, 1.807) is 18.3 Å². The van der Waals surface area contributed by atoms with Crippen LogP contribution in [0.2, 0.25) is 0 Å². The number of likely N-dealkylation sites (tertiary alicyclic amines) is 2. The third-order valence-corrected chi connectivity index (χ3v) is 9.35. The van der Waals surface area contributed by atoms with Gasteiger partial charge in [0.1, 0.15) is 11.6 Å². The number of benzene rings is 2. The van der Waals surface area contributed by atoms with Gasteiger partial charge in [0.15, 0.2) is 5.78 Å². The van der Waals surface area contributed by atoms with Crippen molar-refractivity contribution >= 4 is 28.5 Å². The molecule has 44 heavy (non-hydrogen) atoms. The molecule has 0 radical (unpaired) electrons. The zero-order valence-electron chi connectivity index (χ0n) is 25.2. The number of Topliss-reactive ketones (excluding diaryl/α,β-unsaturated/α-hetero) is 1. The first-order valence-corrected chi connectivity index (χ1v) is 15.2. The second-order valence-corrected chi connectivity index (χ2v) is 12.0. The molecule has 1 aromatic heterocycles. The zero-order valence-corrected chi connectivity index (χ0v) is 25.2. The number of carbonyl (C=O) groups excluding carboxylic acids is 3. The number of H-pyrrole nitrogens is 1. The van der Waals surface area contributed by atoms with Crippen LogP contribution in [0.25, 0.3) is 10.9 Å². The molecule has 0 spiro atoms. The maximum Gasteiger partial charge on any atom is 0.416 e. The van der Waals surface area contributed by atoms with Gasteiger partial charge >= 0.3 is 6.18 Å². The van der Waals surface area contributed by atoms with Gasteiger partial charge in [0.05, 0.1) is 12.1 Å². The van der Waals surface area contributed by atoms with E-state index in [9.17, 15) is 27.6 Å². The fraction of sp³-hybridized carbons (Fsp3) is 0.485. The van der Waals surface area contributed by atoms with E-state index in [1.165, 1.54) is 31.5 Å². The number of alkyl halides is 3. The molecule has 2 amide bonds. The second kappa shape index (κ2) is 12.8. The average molecular weight is 612 g/mol. The minimum atomic E-state index is -4.68. The normalized spacial score (nSPS) is 19.4. The van der Waals surface area contributed by atoms with Gasteiger partial charge < -0.3 is 15.6 Å². The largest absolute Gasteiger partial charge is 0.416 e. The molecule has 0 bridgehead atoms. The lowest BCUT2D eigenvalue weighted by molar-refractivity contribution is -0.154. The van der Waals surface area contributed by atoms with Crippen LogP contribution in [0.5, 0.6) is 0 Å². The maximum absolute atomic E-state index is 14.6. The lowest BCUT2D eigenvalue weighted by Gasteiger charge is -2.47. The summed E-state index contributed by atoms with van der Waals surface area (Å²) in [6.07, 6.45) is 1.91. The van der Waals surface area contributed by atoms with E-state index >= 15 is 0 Å². The number of imide groups is 1. The molecule has 2 unspecified atom stereocenters. The molecule has 2 aromatic carbocycles. The van der Waals surface area contributed by atoms with Gasteiger partial charge in [-0.3, -0.25) is 24.2 Å². The molecule has 11 heteroatoms. The van der Waals surface area contributed by atoms with Crippen LogP contribution in [0, 0.1) is 0 Å². The number of amides is 2. The van der Waals surface area contributed by atoms with Gasteiger partial charge in [-0.25, -0.2) is 0 Å². The first-order chi connectivity index (χ1) is 20.9. The topological polar surface area (TPSA) is 103 Å². The number of aromatic nitrogens is 1. The standard InChI is InChI=1S/C33H40F3N5O3/c1-22(42)32(37,28-20-38-29-13-7-5-11-26(28)29)30(40-18-14-25(15-19-40)39-16-8-3-9-17-39)31(44)41(23(2)43)21-24-10-4-6-12-27(24)33(34,35)36/h4-7,10-13,20,25,30,38H,3,8-9,14-19,21,37H2,1-2H3. The van der Waals surface area contributed by atoms with Crippen LogP contribution in [-0.2, 0) is 32.6 Å². The quantitative estimate of drug-likeness (QED) is 0.379. The monoisotopic (exact) mass is 611 g/mol. The number of fused-ring (bicyclic) bond motifs is 1. The Kier molecular flexibility index (Phi) is 9.29. The fourth-order valence-corrected chi connectivity index (χ4v) is 6.97. The van der Waals surface area contributed by atoms with Crippen LogP contribution in [-0.4, -0.2) is 75.5 Å². The van der Waals surface area contributed by atoms with E-state index in [2.05, 4.69) is 9.88 Å². The molecule has 2 atom stereocenters. The molecule has 3 aromatic rings. The van der Waals surface area contributed by atoms with Gasteiger partial charge in [0.25, 0.3) is 0 Å². The van der Waals surface area contributed by atoms with Gasteiger partial charge in [-0.1, -0.05) is 42.8 Å². The number of aromatic amines is 1. The Morgan fingerprint density at radius 2 is 1.57 bits per heavy atom. The molecule has 2 aliphatic heterocycles. The van der Waals surface area contributed by atoms with Crippen LogP contribution >= 0.6 is 0 Å². The summed E-state index contributed by atoms with van der Waals surface area (Å²) in [6.45, 7) is 4.78. The van der Waals surface area contributed by atoms with Crippen LogP contribution in [0.4, 0.5) is 13.2 Å². The summed E-state index contributed by atoms with van der Waals surface area (Å²) >= 11 is 0. The molecule has 2 aliphatic rings. The number of hydrogen-bond acceptors (Lipinski definition) is 6. The lowest BCUT2D eigenvalue weighted by atomic mass is 9.77. The highest BCUT2D eigenvalue weighted by atomic mass is 19.4. The zero-order chi connectivity index (χ0) is 31.6. The third kappa shape index (κ3) is 6.18. The molecule has 0 aliphatic carbocycles. The summed E-state index contributed by atoms with van der Waals surface area (Å²) in [7, 11) is 0. The van der Waals surface area contributed by atoms with Gasteiger partial charge in [0, 0.05) is 48.7 Å². The van der Waals surface area contributed by atoms with Gasteiger partial charge in [-0.05, 0) is 63.4 Å². The van der Waals surface area contributed by atoms with Crippen LogP contribution < -0.4 is 5.73 Å². The van der Waals surface area contributed by atoms with E-state index < -0.39 is 47.5 Å². The Balaban J connectivity index is 1.56. The van der Waals surface area contributed by atoms with Crippen molar-refractivity contribution in [3.05, 3.63) is 71.4 Å². The number of ketones is 1. The van der Waals surface area contributed by atoms with Crippen molar-refractivity contribution in [2.24, 2.45) is 5.73 Å². The molecule has 0 saturated carbocycles. The fourth-order valence-electron chi connectivity index (χ4n) is 6.97. The lowest BCUT2D eigenvalue weighted by Crippen LogP contribution is -2.67. The van der Waals surface area contributed by atoms with Crippen LogP contribution in [0.1, 0.15) is 62.6 Å². The molecule has 3 N–H and O–H groups in total. The van der Waals surface area contributed by atoms with E-state index in [4.69, 9.17) is 5.73 Å². The van der Waals surface area contributed by atoms with Crippen molar-refractivity contribution in [1.82, 2.24) is 19.7 Å². The SMILES string of the molecule is CC(=O)N(Cc1ccccc1C(F)(F)F)C(=O)C(N1CCC(N2CCCCC2)CC1)C(N)(C(C)=O)c1c[nH]c2ccccc12. The molecule has 8 nitrogen and oxygen atoms in total. The highest BCUT2D eigenvalue weighted by Crippen LogP contribution is 2.37. The number of piperidine rings is 2. The Morgan fingerprint density at radius 1 is 0.932 bits per heavy atom. The van der Waals surface area contributed by atoms with Crippen molar-refractivity contribution in [2.75, 3.05) is 26.2 Å². The Bertz CT molecular complexity index is 1510. The number of nitrogens with zero attached hydrogens (tertiary/aromatic N) is 3. The van der Waals surface area contributed by atoms with Crippen LogP contribution in [0.3, 0.4) is 0 Å². The highest BCUT2D eigenvalue weighted by molar-refractivity contribution is 6.04. The van der Waals surface area contributed by atoms with Gasteiger partial charge in [-0.2, -0.15) is 13.2 Å². The van der Waals surface area contributed by atoms with Crippen molar-refractivity contribution in [3.63, 3.8) is 0 Å². The predicted molar refractivity (Wildman–Crippen MR) is 161 cm³/mol. The minimum absolute atomic E-state index is 0.219. The van der Waals surface area contributed by atoms with Gasteiger partial charge in [-0.15, -0.1) is 0 Å². The number of nitrogens with one attached hydrogen (secondary N) is 1. The maximum atomic E-state index is 14.6. The molecule has 2 saturated heterocycles. The van der Waals surface area contributed by atoms with Crippen molar-refractivity contribution < 1.29 is 27.6 Å². The Labute approximate surface area is 255 Å². The van der Waals surface area contributed by atoms with E-state index in [-0.39, 0.29) is 5.56 Å². The van der Waals surface area contributed by atoms with E-state index in [1.807, 2.05) is 17.0 Å². The number of para-hydroxylation sites is 1. The summed E-state index contributed by atoms with van der Waals surface area (Å²) in [5, 5.41) is 0.656. The predicted octanol–water partition coefficient (Wildman–Crippen LogP) is 4.82. The third-order valence-electron chi connectivity index (χ3n) is 9.35. The summed E-state index contributed by atoms with van der Waals surface area (Å²) in [4.78, 5) is 49.7. The molecule has 5 rings (SSSR count).